The van der Waals surface area contributed by atoms with Crippen molar-refractivity contribution in [2.45, 2.75) is 0 Å². The van der Waals surface area contributed by atoms with E-state index in [1.54, 1.807) is 30.3 Å². The summed E-state index contributed by atoms with van der Waals surface area (Å²) >= 11 is 4.06. The van der Waals surface area contributed by atoms with Gasteiger partial charge in [0.05, 0.1) is 32.2 Å². The molecule has 2 aromatic carbocycles. The average Bonchev–Trinajstić information content (AvgIpc) is 2.78. The molecular weight excluding hydrogens is 406 g/mol. The van der Waals surface area contributed by atoms with Gasteiger partial charge in [0.2, 0.25) is 11.8 Å². The molecule has 1 aromatic heterocycles. The largest absolute Gasteiger partial charge is 0.503 e. The van der Waals surface area contributed by atoms with Gasteiger partial charge in [-0.15, -0.1) is 0 Å². The van der Waals surface area contributed by atoms with Crippen LogP contribution in [0.3, 0.4) is 0 Å². The zero-order chi connectivity index (χ0) is 21.3. The number of nitrogens with zero attached hydrogens (tertiary/aromatic N) is 2. The van der Waals surface area contributed by atoms with Crippen LogP contribution in [0.1, 0.15) is 5.56 Å². The molecule has 0 aliphatic carbocycles. The number of ether oxygens (including phenoxy) is 4. The highest BCUT2D eigenvalue weighted by molar-refractivity contribution is 7.81. The second-order valence-corrected chi connectivity index (χ2v) is 5.99. The molecule has 0 saturated carbocycles. The lowest BCUT2D eigenvalue weighted by Gasteiger charge is -2.13. The van der Waals surface area contributed by atoms with Crippen molar-refractivity contribution < 1.29 is 23.7 Å². The molecule has 0 saturated heterocycles. The van der Waals surface area contributed by atoms with Crippen LogP contribution in [-0.4, -0.2) is 30.2 Å². The first-order valence-electron chi connectivity index (χ1n) is 8.73. The van der Waals surface area contributed by atoms with Gasteiger partial charge in [-0.25, -0.2) is 14.8 Å². The van der Waals surface area contributed by atoms with Crippen molar-refractivity contribution in [2.24, 2.45) is 0 Å². The molecule has 1 heterocycles. The van der Waals surface area contributed by atoms with Gasteiger partial charge in [0.1, 0.15) is 17.6 Å². The van der Waals surface area contributed by atoms with Crippen molar-refractivity contribution in [1.82, 2.24) is 9.97 Å². The first kappa shape index (κ1) is 21.0. The highest BCUT2D eigenvalue weighted by Crippen LogP contribution is 2.33. The topological polar surface area (TPSA) is 91.8 Å². The van der Waals surface area contributed by atoms with Gasteiger partial charge >= 0.3 is 5.97 Å². The van der Waals surface area contributed by atoms with Crippen LogP contribution < -0.4 is 14.2 Å². The second-order valence-electron chi connectivity index (χ2n) is 5.76. The molecule has 0 fully saturated rings. The molecule has 8 nitrogen and oxygen atoms in total. The van der Waals surface area contributed by atoms with E-state index in [0.29, 0.717) is 22.7 Å². The normalized spacial score (nSPS) is 10.8. The van der Waals surface area contributed by atoms with Crippen LogP contribution in [0.2, 0.25) is 0 Å². The lowest BCUT2D eigenvalue weighted by Crippen LogP contribution is -2.06. The summed E-state index contributed by atoms with van der Waals surface area (Å²) in [6.07, 6.45) is 2.61. The molecule has 9 heteroatoms. The summed E-state index contributed by atoms with van der Waals surface area (Å²) in [5.74, 6) is 0.858. The van der Waals surface area contributed by atoms with Gasteiger partial charge in [-0.05, 0) is 18.2 Å². The highest BCUT2D eigenvalue weighted by Gasteiger charge is 2.18. The third-order valence-corrected chi connectivity index (χ3v) is 4.11. The fourth-order valence-corrected chi connectivity index (χ4v) is 2.72. The molecular formula is C21H19N3O5S. The van der Waals surface area contributed by atoms with Gasteiger partial charge in [-0.2, -0.15) is 0 Å². The van der Waals surface area contributed by atoms with Crippen molar-refractivity contribution >= 4 is 30.0 Å². The van der Waals surface area contributed by atoms with Gasteiger partial charge < -0.3 is 23.7 Å². The van der Waals surface area contributed by atoms with Crippen LogP contribution in [0, 0.1) is 0 Å². The number of thiol groups is 1. The van der Waals surface area contributed by atoms with Crippen LogP contribution in [0.4, 0.5) is 5.69 Å². The number of para-hydroxylation sites is 3. The SMILES string of the molecule is CO/C=C(/C(=O)OC)c1ccccc1Oc1cc(Oc2ccccc2NS)ncn1. The molecule has 0 bridgehead atoms. The Morgan fingerprint density at radius 2 is 1.60 bits per heavy atom. The quantitative estimate of drug-likeness (QED) is 0.236. The Hall–Kier alpha value is -3.72. The predicted molar refractivity (Wildman–Crippen MR) is 115 cm³/mol. The van der Waals surface area contributed by atoms with E-state index in [4.69, 9.17) is 18.9 Å². The Kier molecular flexibility index (Phi) is 7.12. The Morgan fingerprint density at radius 1 is 0.967 bits per heavy atom. The van der Waals surface area contributed by atoms with E-state index in [9.17, 15) is 4.79 Å². The van der Waals surface area contributed by atoms with Crippen molar-refractivity contribution in [3.8, 4) is 23.3 Å². The van der Waals surface area contributed by atoms with Crippen molar-refractivity contribution in [2.75, 3.05) is 18.9 Å². The lowest BCUT2D eigenvalue weighted by molar-refractivity contribution is -0.133. The van der Waals surface area contributed by atoms with Gasteiger partial charge in [-0.1, -0.05) is 43.1 Å². The number of hydrogen-bond donors (Lipinski definition) is 2. The first-order valence-corrected chi connectivity index (χ1v) is 9.18. The minimum atomic E-state index is -0.560. The zero-order valence-electron chi connectivity index (χ0n) is 16.2. The summed E-state index contributed by atoms with van der Waals surface area (Å²) in [5, 5.41) is 0. The molecule has 30 heavy (non-hydrogen) atoms. The molecule has 1 N–H and O–H groups in total. The molecule has 0 aliphatic rings. The van der Waals surface area contributed by atoms with E-state index >= 15 is 0 Å². The maximum absolute atomic E-state index is 12.1. The molecule has 0 aliphatic heterocycles. The van der Waals surface area contributed by atoms with Gasteiger partial charge in [0.25, 0.3) is 0 Å². The minimum absolute atomic E-state index is 0.204. The smallest absolute Gasteiger partial charge is 0.341 e. The van der Waals surface area contributed by atoms with Crippen LogP contribution in [-0.2, 0) is 14.3 Å². The number of methoxy groups -OCH3 is 2. The van der Waals surface area contributed by atoms with Crippen molar-refractivity contribution in [3.63, 3.8) is 0 Å². The third-order valence-electron chi connectivity index (χ3n) is 3.87. The Labute approximate surface area is 179 Å². The molecule has 0 atom stereocenters. The van der Waals surface area contributed by atoms with E-state index in [0.717, 1.165) is 0 Å². The van der Waals surface area contributed by atoms with Gasteiger partial charge in [0, 0.05) is 5.56 Å². The number of anilines is 1. The van der Waals surface area contributed by atoms with Crippen LogP contribution in [0.15, 0.2) is 67.2 Å². The lowest BCUT2D eigenvalue weighted by atomic mass is 10.1. The number of esters is 1. The molecule has 0 radical (unpaired) electrons. The number of benzene rings is 2. The Bertz CT molecular complexity index is 1060. The molecule has 0 amide bonds. The van der Waals surface area contributed by atoms with E-state index in [1.165, 1.54) is 32.9 Å². The predicted octanol–water partition coefficient (Wildman–Crippen LogP) is 4.48. The van der Waals surface area contributed by atoms with Crippen molar-refractivity contribution in [1.29, 1.82) is 0 Å². The highest BCUT2D eigenvalue weighted by atomic mass is 32.1. The molecule has 3 rings (SSSR count). The Balaban J connectivity index is 1.89. The maximum Gasteiger partial charge on any atom is 0.341 e. The Morgan fingerprint density at radius 3 is 2.27 bits per heavy atom. The number of hydrogen-bond acceptors (Lipinski definition) is 9. The number of nitrogens with one attached hydrogen (secondary N) is 1. The van der Waals surface area contributed by atoms with E-state index in [1.807, 2.05) is 18.2 Å². The van der Waals surface area contributed by atoms with E-state index < -0.39 is 5.97 Å². The average molecular weight is 425 g/mol. The molecule has 3 aromatic rings. The third kappa shape index (κ3) is 5.00. The molecule has 0 spiro atoms. The summed E-state index contributed by atoms with van der Waals surface area (Å²) in [6, 6.07) is 15.7. The fourth-order valence-electron chi connectivity index (χ4n) is 2.54. The maximum atomic E-state index is 12.1. The fraction of sp³-hybridized carbons (Fsp3) is 0.0952. The molecule has 154 valence electrons. The van der Waals surface area contributed by atoms with Crippen LogP contribution in [0.5, 0.6) is 23.3 Å². The minimum Gasteiger partial charge on any atom is -0.503 e. The van der Waals surface area contributed by atoms with Crippen molar-refractivity contribution in [3.05, 3.63) is 72.8 Å². The summed E-state index contributed by atoms with van der Waals surface area (Å²) < 4.78 is 24.3. The summed E-state index contributed by atoms with van der Waals surface area (Å²) in [6.45, 7) is 0. The number of carbonyl (C=O) groups excluding carboxylic acids is 1. The molecule has 0 unspecified atom stereocenters. The van der Waals surface area contributed by atoms with Crippen LogP contribution >= 0.6 is 12.8 Å². The number of rotatable bonds is 8. The van der Waals surface area contributed by atoms with Gasteiger partial charge in [-0.3, -0.25) is 0 Å². The number of aromatic nitrogens is 2. The standard InChI is InChI=1S/C21H19N3O5S/c1-26-12-15(21(25)27-2)14-7-3-5-9-17(14)28-19-11-20(23-13-22-19)29-18-10-6-4-8-16(18)24-30/h3-13,24,30H,1-2H3/b15-12+. The van der Waals surface area contributed by atoms with E-state index in [2.05, 4.69) is 27.5 Å². The monoisotopic (exact) mass is 425 g/mol. The summed E-state index contributed by atoms with van der Waals surface area (Å²) in [4.78, 5) is 20.4. The summed E-state index contributed by atoms with van der Waals surface area (Å²) in [7, 11) is 2.73. The van der Waals surface area contributed by atoms with Gasteiger partial charge in [0.15, 0.2) is 5.75 Å². The summed E-state index contributed by atoms with van der Waals surface area (Å²) in [5.41, 5.74) is 1.37. The second kappa shape index (κ2) is 10.2. The van der Waals surface area contributed by atoms with E-state index in [-0.39, 0.29) is 17.3 Å². The number of carbonyl (C=O) groups is 1. The first-order chi connectivity index (χ1) is 14.7. The van der Waals surface area contributed by atoms with Crippen LogP contribution in [0.25, 0.3) is 5.57 Å². The zero-order valence-corrected chi connectivity index (χ0v) is 17.1.